The maximum absolute atomic E-state index is 11.3. The van der Waals surface area contributed by atoms with Crippen molar-refractivity contribution >= 4 is 29.3 Å². The van der Waals surface area contributed by atoms with Crippen LogP contribution >= 0.6 is 12.2 Å². The number of likely N-dealkylation sites (tertiary alicyclic amines) is 1. The Kier molecular flexibility index (Phi) is 5.68. The molecule has 0 saturated carbocycles. The first kappa shape index (κ1) is 13.7. The third-order valence-corrected chi connectivity index (χ3v) is 2.71. The van der Waals surface area contributed by atoms with Gasteiger partial charge in [-0.05, 0) is 25.1 Å². The molecule has 1 rings (SSSR count). The second-order valence-corrected chi connectivity index (χ2v) is 4.12. The molecule has 0 aromatic heterocycles. The van der Waals surface area contributed by atoms with Crippen LogP contribution in [-0.4, -0.2) is 48.8 Å². The summed E-state index contributed by atoms with van der Waals surface area (Å²) in [4.78, 5) is 23.9. The van der Waals surface area contributed by atoms with Crippen molar-refractivity contribution in [2.75, 3.05) is 26.7 Å². The lowest BCUT2D eigenvalue weighted by Crippen LogP contribution is -2.40. The smallest absolute Gasteiger partial charge is 0.413 e. The molecule has 0 atom stereocenters. The molecule has 0 bridgehead atoms. The molecule has 0 unspecified atom stereocenters. The van der Waals surface area contributed by atoms with Crippen molar-refractivity contribution in [1.82, 2.24) is 15.5 Å². The van der Waals surface area contributed by atoms with Crippen molar-refractivity contribution in [3.63, 3.8) is 0 Å². The predicted molar refractivity (Wildman–Crippen MR) is 66.6 cm³/mol. The van der Waals surface area contributed by atoms with Gasteiger partial charge in [0.25, 0.3) is 0 Å². The summed E-state index contributed by atoms with van der Waals surface area (Å²) in [7, 11) is 1.27. The third-order valence-electron chi connectivity index (χ3n) is 2.46. The molecule has 0 radical (unpaired) electrons. The van der Waals surface area contributed by atoms with Crippen molar-refractivity contribution in [1.29, 1.82) is 0 Å². The average Bonchev–Trinajstić information content (AvgIpc) is 2.70. The Morgan fingerprint density at radius 2 is 2.35 bits per heavy atom. The number of alkyl carbamates (subject to hydrolysis) is 1. The molecular formula is C10H17N3O3S. The molecule has 17 heavy (non-hydrogen) atoms. The Bertz CT molecular complexity index is 309. The summed E-state index contributed by atoms with van der Waals surface area (Å²) in [5.41, 5.74) is 0. The van der Waals surface area contributed by atoms with E-state index in [2.05, 4.69) is 15.4 Å². The summed E-state index contributed by atoms with van der Waals surface area (Å²) < 4.78 is 4.39. The Morgan fingerprint density at radius 3 is 2.94 bits per heavy atom. The molecule has 0 aromatic rings. The van der Waals surface area contributed by atoms with Crippen molar-refractivity contribution in [3.05, 3.63) is 0 Å². The standard InChI is InChI=1S/C10H17N3O3S/c1-16-10(15)12-9(17)11-5-3-7-13-6-2-4-8(13)14/h2-7H2,1H3,(H2,11,12,15,17). The molecule has 1 heterocycles. The highest BCUT2D eigenvalue weighted by atomic mass is 32.1. The Hall–Kier alpha value is -1.37. The average molecular weight is 259 g/mol. The Balaban J connectivity index is 2.05. The van der Waals surface area contributed by atoms with Gasteiger partial charge in [-0.25, -0.2) is 4.79 Å². The molecule has 2 amide bonds. The summed E-state index contributed by atoms with van der Waals surface area (Å²) in [5.74, 6) is 0.222. The van der Waals surface area contributed by atoms with Gasteiger partial charge in [0.15, 0.2) is 5.11 Å². The van der Waals surface area contributed by atoms with Crippen LogP contribution < -0.4 is 10.6 Å². The predicted octanol–water partition coefficient (Wildman–Crippen LogP) is 0.229. The van der Waals surface area contributed by atoms with Gasteiger partial charge < -0.3 is 15.0 Å². The SMILES string of the molecule is COC(=O)NC(=S)NCCCN1CCCC1=O. The number of hydrogen-bond donors (Lipinski definition) is 2. The largest absolute Gasteiger partial charge is 0.453 e. The Morgan fingerprint density at radius 1 is 1.59 bits per heavy atom. The first-order valence-electron chi connectivity index (χ1n) is 5.54. The van der Waals surface area contributed by atoms with Crippen LogP contribution in [-0.2, 0) is 9.53 Å². The van der Waals surface area contributed by atoms with Crippen molar-refractivity contribution in [2.24, 2.45) is 0 Å². The topological polar surface area (TPSA) is 70.7 Å². The molecule has 6 nitrogen and oxygen atoms in total. The number of amides is 2. The quantitative estimate of drug-likeness (QED) is 0.558. The van der Waals surface area contributed by atoms with E-state index in [9.17, 15) is 9.59 Å². The van der Waals surface area contributed by atoms with Crippen LogP contribution in [0.5, 0.6) is 0 Å². The minimum Gasteiger partial charge on any atom is -0.453 e. The number of thiocarbonyl (C=S) groups is 1. The van der Waals surface area contributed by atoms with Gasteiger partial charge in [0, 0.05) is 26.1 Å². The lowest BCUT2D eigenvalue weighted by molar-refractivity contribution is -0.127. The molecule has 7 heteroatoms. The Labute approximate surface area is 106 Å². The fraction of sp³-hybridized carbons (Fsp3) is 0.700. The number of nitrogens with one attached hydrogen (secondary N) is 2. The zero-order valence-electron chi connectivity index (χ0n) is 9.82. The third kappa shape index (κ3) is 4.99. The van der Waals surface area contributed by atoms with Crippen molar-refractivity contribution < 1.29 is 14.3 Å². The highest BCUT2D eigenvalue weighted by Crippen LogP contribution is 2.09. The number of hydrogen-bond acceptors (Lipinski definition) is 4. The zero-order chi connectivity index (χ0) is 12.7. The van der Waals surface area contributed by atoms with E-state index in [0.717, 1.165) is 25.9 Å². The van der Waals surface area contributed by atoms with Crippen LogP contribution in [0, 0.1) is 0 Å². The molecule has 1 aliphatic rings. The van der Waals surface area contributed by atoms with Crippen LogP contribution in [0.25, 0.3) is 0 Å². The van der Waals surface area contributed by atoms with Crippen LogP contribution in [0.4, 0.5) is 4.79 Å². The molecule has 1 saturated heterocycles. The second-order valence-electron chi connectivity index (χ2n) is 3.71. The summed E-state index contributed by atoms with van der Waals surface area (Å²) in [5, 5.41) is 5.45. The fourth-order valence-corrected chi connectivity index (χ4v) is 1.79. The number of rotatable bonds is 4. The van der Waals surface area contributed by atoms with Gasteiger partial charge in [-0.15, -0.1) is 0 Å². The van der Waals surface area contributed by atoms with E-state index in [0.29, 0.717) is 13.0 Å². The second kappa shape index (κ2) is 7.05. The summed E-state index contributed by atoms with van der Waals surface area (Å²) in [6, 6.07) is 0. The van der Waals surface area contributed by atoms with Crippen LogP contribution in [0.3, 0.4) is 0 Å². The lowest BCUT2D eigenvalue weighted by atomic mass is 10.4. The van der Waals surface area contributed by atoms with E-state index in [1.165, 1.54) is 7.11 Å². The van der Waals surface area contributed by atoms with Crippen LogP contribution in [0.2, 0.25) is 0 Å². The van der Waals surface area contributed by atoms with Gasteiger partial charge >= 0.3 is 6.09 Å². The maximum atomic E-state index is 11.3. The first-order valence-corrected chi connectivity index (χ1v) is 5.95. The van der Waals surface area contributed by atoms with Crippen molar-refractivity contribution in [2.45, 2.75) is 19.3 Å². The fourth-order valence-electron chi connectivity index (χ4n) is 1.60. The molecule has 0 aromatic carbocycles. The van der Waals surface area contributed by atoms with E-state index >= 15 is 0 Å². The van der Waals surface area contributed by atoms with Gasteiger partial charge in [0.1, 0.15) is 0 Å². The van der Waals surface area contributed by atoms with Gasteiger partial charge in [0.2, 0.25) is 5.91 Å². The van der Waals surface area contributed by atoms with Gasteiger partial charge in [-0.1, -0.05) is 0 Å². The summed E-state index contributed by atoms with van der Waals surface area (Å²) in [6.07, 6.45) is 1.83. The van der Waals surface area contributed by atoms with E-state index in [4.69, 9.17) is 12.2 Å². The highest BCUT2D eigenvalue weighted by Gasteiger charge is 2.18. The zero-order valence-corrected chi connectivity index (χ0v) is 10.6. The number of methoxy groups -OCH3 is 1. The van der Waals surface area contributed by atoms with Gasteiger partial charge in [-0.2, -0.15) is 0 Å². The van der Waals surface area contributed by atoms with E-state index in [1.807, 2.05) is 4.90 Å². The normalized spacial score (nSPS) is 14.6. The molecule has 0 aliphatic carbocycles. The number of carbonyl (C=O) groups is 2. The number of nitrogens with zero attached hydrogens (tertiary/aromatic N) is 1. The van der Waals surface area contributed by atoms with Crippen LogP contribution in [0.15, 0.2) is 0 Å². The maximum Gasteiger partial charge on any atom is 0.413 e. The van der Waals surface area contributed by atoms with E-state index in [1.54, 1.807) is 0 Å². The van der Waals surface area contributed by atoms with E-state index < -0.39 is 6.09 Å². The molecule has 2 N–H and O–H groups in total. The molecular weight excluding hydrogens is 242 g/mol. The minimum absolute atomic E-state index is 0.222. The molecule has 96 valence electrons. The summed E-state index contributed by atoms with van der Waals surface area (Å²) >= 11 is 4.86. The van der Waals surface area contributed by atoms with Crippen LogP contribution in [0.1, 0.15) is 19.3 Å². The summed E-state index contributed by atoms with van der Waals surface area (Å²) in [6.45, 7) is 2.20. The first-order chi connectivity index (χ1) is 8.13. The van der Waals surface area contributed by atoms with Gasteiger partial charge in [0.05, 0.1) is 7.11 Å². The molecule has 1 fully saturated rings. The van der Waals surface area contributed by atoms with Gasteiger partial charge in [-0.3, -0.25) is 10.1 Å². The van der Waals surface area contributed by atoms with Crippen molar-refractivity contribution in [3.8, 4) is 0 Å². The monoisotopic (exact) mass is 259 g/mol. The molecule has 1 aliphatic heterocycles. The number of ether oxygens (including phenoxy) is 1. The number of carbonyl (C=O) groups excluding carboxylic acids is 2. The lowest BCUT2D eigenvalue weighted by Gasteiger charge is -2.15. The highest BCUT2D eigenvalue weighted by molar-refractivity contribution is 7.80. The minimum atomic E-state index is -0.586. The molecule has 0 spiro atoms. The van der Waals surface area contributed by atoms with E-state index in [-0.39, 0.29) is 11.0 Å².